The van der Waals surface area contributed by atoms with Crippen molar-refractivity contribution >= 4 is 0 Å². The molecule has 0 bridgehead atoms. The molecule has 0 aromatic rings. The molecule has 1 N–H and O–H groups in total. The van der Waals surface area contributed by atoms with Crippen molar-refractivity contribution < 1.29 is 4.74 Å². The van der Waals surface area contributed by atoms with Gasteiger partial charge in [-0.2, -0.15) is 0 Å². The molecule has 1 atom stereocenters. The molecule has 2 aliphatic heterocycles. The van der Waals surface area contributed by atoms with Crippen LogP contribution in [0.5, 0.6) is 0 Å². The largest absolute Gasteiger partial charge is 0.369 e. The maximum absolute atomic E-state index is 5.51. The predicted molar refractivity (Wildman–Crippen MR) is 55.9 cm³/mol. The molecular formula is C11H23NO. The van der Waals surface area contributed by atoms with E-state index < -0.39 is 0 Å². The zero-order valence-electron chi connectivity index (χ0n) is 9.44. The number of hydrogen-bond acceptors (Lipinski definition) is 2. The molecular weight excluding hydrogens is 162 g/mol. The molecule has 0 saturated carbocycles. The van der Waals surface area contributed by atoms with Crippen LogP contribution in [0.3, 0.4) is 0 Å². The first-order valence-corrected chi connectivity index (χ1v) is 5.42. The molecule has 2 rings (SSSR count). The summed E-state index contributed by atoms with van der Waals surface area (Å²) in [5.74, 6) is 0. The summed E-state index contributed by atoms with van der Waals surface area (Å²) < 4.78 is 5.51. The number of piperidine rings is 1. The highest BCUT2D eigenvalue weighted by molar-refractivity contribution is 5.07. The summed E-state index contributed by atoms with van der Waals surface area (Å²) in [7, 11) is 0. The quantitative estimate of drug-likeness (QED) is 0.585. The topological polar surface area (TPSA) is 24.6 Å². The van der Waals surface area contributed by atoms with Gasteiger partial charge in [0.2, 0.25) is 0 Å². The molecule has 0 aromatic carbocycles. The Kier molecular flexibility index (Phi) is 3.36. The third-order valence-electron chi connectivity index (χ3n) is 3.00. The molecule has 13 heavy (non-hydrogen) atoms. The van der Waals surface area contributed by atoms with Crippen LogP contribution in [0.25, 0.3) is 0 Å². The molecule has 2 aliphatic rings. The zero-order valence-corrected chi connectivity index (χ0v) is 9.44. The van der Waals surface area contributed by atoms with Gasteiger partial charge in [0, 0.05) is 12.0 Å². The van der Waals surface area contributed by atoms with Crippen molar-refractivity contribution in [1.82, 2.24) is 5.32 Å². The van der Waals surface area contributed by atoms with Crippen LogP contribution in [-0.4, -0.2) is 25.3 Å². The van der Waals surface area contributed by atoms with Crippen LogP contribution >= 0.6 is 0 Å². The minimum absolute atomic E-state index is 0.262. The average Bonchev–Trinajstić information content (AvgIpc) is 2.79. The molecule has 78 valence electrons. The van der Waals surface area contributed by atoms with Crippen molar-refractivity contribution in [2.24, 2.45) is 5.41 Å². The van der Waals surface area contributed by atoms with Gasteiger partial charge in [-0.15, -0.1) is 0 Å². The van der Waals surface area contributed by atoms with Crippen LogP contribution < -0.4 is 5.32 Å². The van der Waals surface area contributed by atoms with Gasteiger partial charge in [-0.3, -0.25) is 0 Å². The fourth-order valence-corrected chi connectivity index (χ4v) is 1.81. The van der Waals surface area contributed by atoms with Crippen molar-refractivity contribution in [1.29, 1.82) is 0 Å². The van der Waals surface area contributed by atoms with E-state index in [2.05, 4.69) is 33.0 Å². The summed E-state index contributed by atoms with van der Waals surface area (Å²) >= 11 is 0. The summed E-state index contributed by atoms with van der Waals surface area (Å²) in [6.45, 7) is 12.0. The normalized spacial score (nSPS) is 35.1. The Morgan fingerprint density at radius 3 is 2.15 bits per heavy atom. The van der Waals surface area contributed by atoms with Crippen LogP contribution in [0.1, 0.15) is 40.5 Å². The van der Waals surface area contributed by atoms with E-state index in [1.807, 2.05) is 0 Å². The van der Waals surface area contributed by atoms with E-state index in [9.17, 15) is 0 Å². The molecule has 0 radical (unpaired) electrons. The Morgan fingerprint density at radius 1 is 1.31 bits per heavy atom. The standard InChI is InChI=1S/C8H15NO.C3H8/c1-7(2)5-9-4-3-8(7)6-10-8;1-3-2/h9H,3-6H2,1-2H3;3H2,1-2H3. The van der Waals surface area contributed by atoms with Gasteiger partial charge in [0.05, 0.1) is 12.2 Å². The van der Waals surface area contributed by atoms with Gasteiger partial charge in [0.15, 0.2) is 0 Å². The molecule has 1 unspecified atom stereocenters. The SMILES string of the molecule is CC1(C)CNCCC12CO2.CCC. The highest BCUT2D eigenvalue weighted by atomic mass is 16.6. The van der Waals surface area contributed by atoms with Crippen molar-refractivity contribution in [3.05, 3.63) is 0 Å². The van der Waals surface area contributed by atoms with Gasteiger partial charge in [-0.1, -0.05) is 34.1 Å². The number of epoxide rings is 1. The molecule has 2 fully saturated rings. The van der Waals surface area contributed by atoms with Crippen molar-refractivity contribution in [3.63, 3.8) is 0 Å². The summed E-state index contributed by atoms with van der Waals surface area (Å²) in [6, 6.07) is 0. The van der Waals surface area contributed by atoms with Crippen molar-refractivity contribution in [2.45, 2.75) is 46.1 Å². The molecule has 1 spiro atoms. The van der Waals surface area contributed by atoms with E-state index in [4.69, 9.17) is 4.74 Å². The molecule has 2 heteroatoms. The Morgan fingerprint density at radius 2 is 1.85 bits per heavy atom. The minimum atomic E-state index is 0.262. The smallest absolute Gasteiger partial charge is 0.0991 e. The first-order chi connectivity index (χ1) is 6.08. The van der Waals surface area contributed by atoms with E-state index in [-0.39, 0.29) is 5.60 Å². The Balaban J connectivity index is 0.000000251. The molecule has 0 aromatic heterocycles. The second-order valence-corrected chi connectivity index (χ2v) is 4.80. The first-order valence-electron chi connectivity index (χ1n) is 5.42. The van der Waals surface area contributed by atoms with E-state index in [1.165, 1.54) is 12.8 Å². The predicted octanol–water partition coefficient (Wildman–Crippen LogP) is 2.19. The number of hydrogen-bond donors (Lipinski definition) is 1. The second kappa shape index (κ2) is 3.97. The Hall–Kier alpha value is -0.0800. The van der Waals surface area contributed by atoms with Crippen molar-refractivity contribution in [2.75, 3.05) is 19.7 Å². The maximum Gasteiger partial charge on any atom is 0.0991 e. The highest BCUT2D eigenvalue weighted by Gasteiger charge is 2.57. The summed E-state index contributed by atoms with van der Waals surface area (Å²) in [4.78, 5) is 0. The Bertz CT molecular complexity index is 155. The molecule has 0 amide bonds. The summed E-state index contributed by atoms with van der Waals surface area (Å²) in [6.07, 6.45) is 2.44. The lowest BCUT2D eigenvalue weighted by Crippen LogP contribution is -2.48. The fraction of sp³-hybridized carbons (Fsp3) is 1.00. The van der Waals surface area contributed by atoms with Crippen LogP contribution in [-0.2, 0) is 4.74 Å². The van der Waals surface area contributed by atoms with Gasteiger partial charge >= 0.3 is 0 Å². The number of nitrogens with one attached hydrogen (secondary N) is 1. The van der Waals surface area contributed by atoms with Crippen LogP contribution in [0.4, 0.5) is 0 Å². The van der Waals surface area contributed by atoms with Gasteiger partial charge < -0.3 is 10.1 Å². The molecule has 2 heterocycles. The van der Waals surface area contributed by atoms with E-state index >= 15 is 0 Å². The Labute approximate surface area is 82.0 Å². The number of ether oxygens (including phenoxy) is 1. The van der Waals surface area contributed by atoms with Crippen LogP contribution in [0.15, 0.2) is 0 Å². The second-order valence-electron chi connectivity index (χ2n) is 4.80. The molecule has 2 saturated heterocycles. The van der Waals surface area contributed by atoms with Gasteiger partial charge in [0.25, 0.3) is 0 Å². The first kappa shape index (κ1) is 11.0. The van der Waals surface area contributed by atoms with Crippen LogP contribution in [0, 0.1) is 5.41 Å². The van der Waals surface area contributed by atoms with E-state index in [0.29, 0.717) is 5.41 Å². The van der Waals surface area contributed by atoms with E-state index in [0.717, 1.165) is 19.7 Å². The summed E-state index contributed by atoms with van der Waals surface area (Å²) in [5.41, 5.74) is 0.615. The molecule has 0 aliphatic carbocycles. The maximum atomic E-state index is 5.51. The highest BCUT2D eigenvalue weighted by Crippen LogP contribution is 2.48. The van der Waals surface area contributed by atoms with Crippen molar-refractivity contribution in [3.8, 4) is 0 Å². The zero-order chi connectivity index (χ0) is 9.95. The lowest BCUT2D eigenvalue weighted by molar-refractivity contribution is 0.0989. The van der Waals surface area contributed by atoms with Gasteiger partial charge in [-0.25, -0.2) is 0 Å². The molecule has 2 nitrogen and oxygen atoms in total. The lowest BCUT2D eigenvalue weighted by Gasteiger charge is -2.36. The van der Waals surface area contributed by atoms with Crippen LogP contribution in [0.2, 0.25) is 0 Å². The summed E-state index contributed by atoms with van der Waals surface area (Å²) in [5, 5.41) is 3.39. The lowest BCUT2D eigenvalue weighted by atomic mass is 9.75. The third kappa shape index (κ3) is 2.23. The number of rotatable bonds is 0. The minimum Gasteiger partial charge on any atom is -0.369 e. The van der Waals surface area contributed by atoms with E-state index in [1.54, 1.807) is 0 Å². The average molecular weight is 185 g/mol. The monoisotopic (exact) mass is 185 g/mol. The fourth-order valence-electron chi connectivity index (χ4n) is 1.81. The van der Waals surface area contributed by atoms with Gasteiger partial charge in [0.1, 0.15) is 0 Å². The third-order valence-corrected chi connectivity index (χ3v) is 3.00. The van der Waals surface area contributed by atoms with Gasteiger partial charge in [-0.05, 0) is 13.0 Å².